The quantitative estimate of drug-likeness (QED) is 0.609. The molecule has 4 aliphatic rings. The lowest BCUT2D eigenvalue weighted by molar-refractivity contribution is -0.384. The van der Waals surface area contributed by atoms with Gasteiger partial charge in [-0.1, -0.05) is 5.16 Å². The van der Waals surface area contributed by atoms with Crippen LogP contribution in [0.15, 0.2) is 28.8 Å². The van der Waals surface area contributed by atoms with Crippen molar-refractivity contribution in [3.8, 4) is 11.4 Å². The molecule has 0 atom stereocenters. The summed E-state index contributed by atoms with van der Waals surface area (Å²) in [5, 5.41) is 14.9. The van der Waals surface area contributed by atoms with Gasteiger partial charge in [0.2, 0.25) is 11.7 Å². The predicted octanol–water partition coefficient (Wildman–Crippen LogP) is 4.40. The maximum absolute atomic E-state index is 10.8. The van der Waals surface area contributed by atoms with Crippen LogP contribution in [0, 0.1) is 33.3 Å². The fourth-order valence-corrected chi connectivity index (χ4v) is 6.00. The standard InChI is InChI=1S/C19H21N3O3/c23-22(24)16-3-1-15(2-4-16)18-20-17(25-21-18)11-19-8-12-5-13(9-19)7-14(6-12)10-19/h1-4,12-14H,5-11H2. The highest BCUT2D eigenvalue weighted by Crippen LogP contribution is 2.60. The van der Waals surface area contributed by atoms with E-state index in [9.17, 15) is 10.1 Å². The molecule has 25 heavy (non-hydrogen) atoms. The summed E-state index contributed by atoms with van der Waals surface area (Å²) in [6.07, 6.45) is 9.11. The van der Waals surface area contributed by atoms with E-state index in [0.29, 0.717) is 11.2 Å². The van der Waals surface area contributed by atoms with Crippen molar-refractivity contribution < 1.29 is 9.45 Å². The van der Waals surface area contributed by atoms with Crippen LogP contribution in [-0.4, -0.2) is 15.1 Å². The van der Waals surface area contributed by atoms with E-state index in [2.05, 4.69) is 10.1 Å². The van der Waals surface area contributed by atoms with Crippen LogP contribution in [-0.2, 0) is 6.42 Å². The zero-order valence-corrected chi connectivity index (χ0v) is 14.1. The number of non-ortho nitro benzene ring substituents is 1. The van der Waals surface area contributed by atoms with E-state index >= 15 is 0 Å². The number of hydrogen-bond acceptors (Lipinski definition) is 5. The van der Waals surface area contributed by atoms with Crippen LogP contribution in [0.3, 0.4) is 0 Å². The molecule has 0 saturated heterocycles. The molecule has 0 spiro atoms. The van der Waals surface area contributed by atoms with Crippen molar-refractivity contribution in [1.82, 2.24) is 10.1 Å². The first-order valence-corrected chi connectivity index (χ1v) is 9.16. The van der Waals surface area contributed by atoms with Gasteiger partial charge in [-0.05, 0) is 73.8 Å². The number of nitrogens with zero attached hydrogens (tertiary/aromatic N) is 3. The highest BCUT2D eigenvalue weighted by atomic mass is 16.6. The van der Waals surface area contributed by atoms with Crippen LogP contribution in [0.2, 0.25) is 0 Å². The third-order valence-corrected chi connectivity index (χ3v) is 6.50. The van der Waals surface area contributed by atoms with Gasteiger partial charge in [0, 0.05) is 24.1 Å². The van der Waals surface area contributed by atoms with E-state index in [4.69, 9.17) is 4.52 Å². The summed E-state index contributed by atoms with van der Waals surface area (Å²) in [7, 11) is 0. The minimum Gasteiger partial charge on any atom is -0.339 e. The Morgan fingerprint density at radius 2 is 1.68 bits per heavy atom. The molecular formula is C19H21N3O3. The van der Waals surface area contributed by atoms with Crippen molar-refractivity contribution in [3.63, 3.8) is 0 Å². The Morgan fingerprint density at radius 1 is 1.08 bits per heavy atom. The number of aromatic nitrogens is 2. The number of nitro groups is 1. The molecule has 2 aromatic rings. The molecule has 6 heteroatoms. The average molecular weight is 339 g/mol. The van der Waals surface area contributed by atoms with Gasteiger partial charge in [0.05, 0.1) is 4.92 Å². The van der Waals surface area contributed by atoms with Gasteiger partial charge in [0.15, 0.2) is 0 Å². The third kappa shape index (κ3) is 2.64. The van der Waals surface area contributed by atoms with Gasteiger partial charge in [-0.25, -0.2) is 0 Å². The van der Waals surface area contributed by atoms with Crippen molar-refractivity contribution in [3.05, 3.63) is 40.3 Å². The lowest BCUT2D eigenvalue weighted by Gasteiger charge is -2.56. The summed E-state index contributed by atoms with van der Waals surface area (Å²) >= 11 is 0. The van der Waals surface area contributed by atoms with Gasteiger partial charge >= 0.3 is 0 Å². The Bertz CT molecular complexity index is 776. The van der Waals surface area contributed by atoms with Gasteiger partial charge < -0.3 is 4.52 Å². The molecule has 4 fully saturated rings. The highest BCUT2D eigenvalue weighted by molar-refractivity contribution is 5.56. The Morgan fingerprint density at radius 3 is 2.24 bits per heavy atom. The molecule has 0 unspecified atom stereocenters. The molecular weight excluding hydrogens is 318 g/mol. The van der Waals surface area contributed by atoms with Crippen molar-refractivity contribution >= 4 is 5.69 Å². The minimum atomic E-state index is -0.404. The average Bonchev–Trinajstić information content (AvgIpc) is 3.01. The maximum Gasteiger partial charge on any atom is 0.269 e. The molecule has 0 amide bonds. The van der Waals surface area contributed by atoms with Crippen LogP contribution >= 0.6 is 0 Å². The van der Waals surface area contributed by atoms with E-state index in [0.717, 1.165) is 35.6 Å². The van der Waals surface area contributed by atoms with Crippen LogP contribution in [0.25, 0.3) is 11.4 Å². The SMILES string of the molecule is O=[N+]([O-])c1ccc(-c2noc(CC34CC5CC(CC(C5)C3)C4)n2)cc1. The van der Waals surface area contributed by atoms with Crippen molar-refractivity contribution in [2.45, 2.75) is 44.9 Å². The van der Waals surface area contributed by atoms with Crippen LogP contribution in [0.4, 0.5) is 5.69 Å². The monoisotopic (exact) mass is 339 g/mol. The zero-order valence-electron chi connectivity index (χ0n) is 14.1. The van der Waals surface area contributed by atoms with Crippen molar-refractivity contribution in [1.29, 1.82) is 0 Å². The number of rotatable bonds is 4. The Kier molecular flexibility index (Phi) is 3.24. The molecule has 0 N–H and O–H groups in total. The molecule has 0 radical (unpaired) electrons. The normalized spacial score (nSPS) is 32.9. The lowest BCUT2D eigenvalue weighted by atomic mass is 9.49. The summed E-state index contributed by atoms with van der Waals surface area (Å²) in [6, 6.07) is 6.31. The van der Waals surface area contributed by atoms with E-state index in [1.807, 2.05) is 0 Å². The number of nitro benzene ring substituents is 1. The molecule has 4 aliphatic carbocycles. The number of benzene rings is 1. The van der Waals surface area contributed by atoms with Gasteiger partial charge in [0.1, 0.15) is 0 Å². The predicted molar refractivity (Wildman–Crippen MR) is 90.7 cm³/mol. The minimum absolute atomic E-state index is 0.0704. The molecule has 1 aromatic heterocycles. The Labute approximate surface area is 145 Å². The Balaban J connectivity index is 1.35. The van der Waals surface area contributed by atoms with Gasteiger partial charge in [-0.15, -0.1) is 0 Å². The van der Waals surface area contributed by atoms with Crippen LogP contribution < -0.4 is 0 Å². The molecule has 0 aliphatic heterocycles. The fraction of sp³-hybridized carbons (Fsp3) is 0.579. The summed E-state index contributed by atoms with van der Waals surface area (Å²) in [5.74, 6) is 3.96. The second kappa shape index (κ2) is 5.38. The summed E-state index contributed by atoms with van der Waals surface area (Å²) in [6.45, 7) is 0. The molecule has 1 aromatic carbocycles. The van der Waals surface area contributed by atoms with E-state index in [1.54, 1.807) is 12.1 Å². The fourth-order valence-electron chi connectivity index (χ4n) is 6.00. The van der Waals surface area contributed by atoms with Crippen LogP contribution in [0.5, 0.6) is 0 Å². The second-order valence-electron chi connectivity index (χ2n) is 8.41. The molecule has 6 rings (SSSR count). The highest BCUT2D eigenvalue weighted by Gasteiger charge is 2.51. The second-order valence-corrected chi connectivity index (χ2v) is 8.41. The van der Waals surface area contributed by atoms with Crippen molar-refractivity contribution in [2.75, 3.05) is 0 Å². The summed E-state index contributed by atoms with van der Waals surface area (Å²) in [4.78, 5) is 14.9. The maximum atomic E-state index is 10.8. The molecule has 130 valence electrons. The van der Waals surface area contributed by atoms with Gasteiger partial charge in [-0.3, -0.25) is 10.1 Å². The lowest BCUT2D eigenvalue weighted by Crippen LogP contribution is -2.47. The first-order chi connectivity index (χ1) is 12.1. The molecule has 6 nitrogen and oxygen atoms in total. The first kappa shape index (κ1) is 15.0. The van der Waals surface area contributed by atoms with E-state index in [1.165, 1.54) is 50.7 Å². The molecule has 4 saturated carbocycles. The molecule has 1 heterocycles. The summed E-state index contributed by atoms with van der Waals surface area (Å²) in [5.41, 5.74) is 1.20. The van der Waals surface area contributed by atoms with Crippen LogP contribution in [0.1, 0.15) is 44.4 Å². The topological polar surface area (TPSA) is 82.1 Å². The van der Waals surface area contributed by atoms with E-state index < -0.39 is 4.92 Å². The third-order valence-electron chi connectivity index (χ3n) is 6.50. The zero-order chi connectivity index (χ0) is 17.0. The Hall–Kier alpha value is -2.24. The molecule has 4 bridgehead atoms. The van der Waals surface area contributed by atoms with Gasteiger partial charge in [0.25, 0.3) is 5.69 Å². The smallest absolute Gasteiger partial charge is 0.269 e. The number of hydrogen-bond donors (Lipinski definition) is 0. The van der Waals surface area contributed by atoms with Gasteiger partial charge in [-0.2, -0.15) is 4.98 Å². The largest absolute Gasteiger partial charge is 0.339 e. The van der Waals surface area contributed by atoms with Crippen molar-refractivity contribution in [2.24, 2.45) is 23.2 Å². The van der Waals surface area contributed by atoms with E-state index in [-0.39, 0.29) is 5.69 Å². The summed E-state index contributed by atoms with van der Waals surface area (Å²) < 4.78 is 5.54. The first-order valence-electron chi connectivity index (χ1n) is 9.16.